The highest BCUT2D eigenvalue weighted by Crippen LogP contribution is 2.27. The molecule has 1 amide bonds. The van der Waals surface area contributed by atoms with Crippen molar-refractivity contribution in [2.75, 3.05) is 13.2 Å². The van der Waals surface area contributed by atoms with E-state index in [1.807, 2.05) is 31.1 Å². The first-order chi connectivity index (χ1) is 9.13. The highest BCUT2D eigenvalue weighted by molar-refractivity contribution is 7.07. The van der Waals surface area contributed by atoms with Crippen LogP contribution in [0.25, 0.3) is 0 Å². The van der Waals surface area contributed by atoms with Crippen LogP contribution in [0.1, 0.15) is 38.9 Å². The third kappa shape index (κ3) is 3.35. The molecule has 0 saturated carbocycles. The van der Waals surface area contributed by atoms with Crippen LogP contribution >= 0.6 is 11.3 Å². The molecule has 1 saturated heterocycles. The topological polar surface area (TPSA) is 41.6 Å². The van der Waals surface area contributed by atoms with Gasteiger partial charge in [-0.25, -0.2) is 0 Å². The van der Waals surface area contributed by atoms with Crippen molar-refractivity contribution in [3.8, 4) is 0 Å². The molecule has 4 nitrogen and oxygen atoms in total. The predicted molar refractivity (Wildman–Crippen MR) is 77.1 cm³/mol. The Morgan fingerprint density at radius 2 is 2.32 bits per heavy atom. The Morgan fingerprint density at radius 3 is 2.89 bits per heavy atom. The van der Waals surface area contributed by atoms with Gasteiger partial charge in [0.2, 0.25) is 5.91 Å². The summed E-state index contributed by atoms with van der Waals surface area (Å²) in [5, 5.41) is 7.55. The number of carbonyl (C=O) groups is 1. The van der Waals surface area contributed by atoms with Gasteiger partial charge in [0, 0.05) is 6.54 Å². The van der Waals surface area contributed by atoms with E-state index in [4.69, 9.17) is 4.74 Å². The molecular formula is C14H22N2O2S. The second-order valence-electron chi connectivity index (χ2n) is 5.04. The highest BCUT2D eigenvalue weighted by atomic mass is 32.1. The van der Waals surface area contributed by atoms with E-state index in [-0.39, 0.29) is 24.2 Å². The maximum Gasteiger partial charge on any atom is 0.241 e. The smallest absolute Gasteiger partial charge is 0.241 e. The number of nitrogens with one attached hydrogen (secondary N) is 1. The maximum absolute atomic E-state index is 12.3. The van der Waals surface area contributed by atoms with Gasteiger partial charge >= 0.3 is 0 Å². The third-order valence-corrected chi connectivity index (χ3v) is 4.00. The van der Waals surface area contributed by atoms with Crippen LogP contribution in [0.15, 0.2) is 16.8 Å². The second kappa shape index (κ2) is 6.50. The normalized spacial score (nSPS) is 23.6. The number of hydrogen-bond donors (Lipinski definition) is 1. The molecule has 5 heteroatoms. The summed E-state index contributed by atoms with van der Waals surface area (Å²) < 4.78 is 5.57. The molecule has 0 aliphatic carbocycles. The fraction of sp³-hybridized carbons (Fsp3) is 0.643. The predicted octanol–water partition coefficient (Wildman–Crippen LogP) is 2.38. The van der Waals surface area contributed by atoms with E-state index in [9.17, 15) is 4.79 Å². The molecule has 1 aliphatic rings. The first kappa shape index (κ1) is 14.5. The van der Waals surface area contributed by atoms with Crippen molar-refractivity contribution in [3.63, 3.8) is 0 Å². The lowest BCUT2D eigenvalue weighted by atomic mass is 10.2. The van der Waals surface area contributed by atoms with E-state index in [0.29, 0.717) is 13.2 Å². The molecular weight excluding hydrogens is 260 g/mol. The molecule has 0 aromatic carbocycles. The standard InChI is InChI=1S/C14H22N2O2S/c1-4-12-14(17)16(6-7-18-10(2)3)13(15-12)11-5-8-19-9-11/h5,8-10,12-13,15H,4,6-7H2,1-3H3. The number of carbonyl (C=O) groups excluding carboxylic acids is 1. The molecule has 2 heterocycles. The first-order valence-electron chi connectivity index (χ1n) is 6.83. The van der Waals surface area contributed by atoms with Gasteiger partial charge in [-0.2, -0.15) is 11.3 Å². The van der Waals surface area contributed by atoms with Crippen LogP contribution in [-0.4, -0.2) is 36.1 Å². The SMILES string of the molecule is CCC1NC(c2ccsc2)N(CCOC(C)C)C1=O. The van der Waals surface area contributed by atoms with Gasteiger partial charge in [-0.3, -0.25) is 10.1 Å². The van der Waals surface area contributed by atoms with Gasteiger partial charge in [-0.15, -0.1) is 0 Å². The van der Waals surface area contributed by atoms with Crippen LogP contribution in [0, 0.1) is 0 Å². The van der Waals surface area contributed by atoms with Gasteiger partial charge in [-0.1, -0.05) is 6.92 Å². The molecule has 1 aromatic rings. The fourth-order valence-electron chi connectivity index (χ4n) is 2.30. The molecule has 2 atom stereocenters. The lowest BCUT2D eigenvalue weighted by molar-refractivity contribution is -0.131. The molecule has 0 spiro atoms. The van der Waals surface area contributed by atoms with Crippen molar-refractivity contribution in [3.05, 3.63) is 22.4 Å². The number of ether oxygens (including phenoxy) is 1. The van der Waals surface area contributed by atoms with E-state index in [0.717, 1.165) is 6.42 Å². The Morgan fingerprint density at radius 1 is 1.53 bits per heavy atom. The van der Waals surface area contributed by atoms with Gasteiger partial charge < -0.3 is 9.64 Å². The molecule has 106 valence electrons. The first-order valence-corrected chi connectivity index (χ1v) is 7.78. The molecule has 1 aliphatic heterocycles. The maximum atomic E-state index is 12.3. The van der Waals surface area contributed by atoms with Gasteiger partial charge in [0.1, 0.15) is 6.17 Å². The molecule has 1 N–H and O–H groups in total. The Kier molecular flexibility index (Phi) is 4.96. The van der Waals surface area contributed by atoms with Gasteiger partial charge in [0.15, 0.2) is 0 Å². The number of rotatable bonds is 6. The van der Waals surface area contributed by atoms with Crippen LogP contribution < -0.4 is 5.32 Å². The van der Waals surface area contributed by atoms with Crippen molar-refractivity contribution in [1.29, 1.82) is 0 Å². The summed E-state index contributed by atoms with van der Waals surface area (Å²) in [6, 6.07) is 2.01. The van der Waals surface area contributed by atoms with Crippen LogP contribution in [0.5, 0.6) is 0 Å². The van der Waals surface area contributed by atoms with Gasteiger partial charge in [0.25, 0.3) is 0 Å². The van der Waals surface area contributed by atoms with Gasteiger partial charge in [0.05, 0.1) is 18.8 Å². The Labute approximate surface area is 118 Å². The quantitative estimate of drug-likeness (QED) is 0.871. The average molecular weight is 282 g/mol. The summed E-state index contributed by atoms with van der Waals surface area (Å²) in [6.07, 6.45) is 1.02. The lowest BCUT2D eigenvalue weighted by Gasteiger charge is -2.24. The van der Waals surface area contributed by atoms with Crippen LogP contribution in [0.4, 0.5) is 0 Å². The minimum atomic E-state index is -0.0658. The van der Waals surface area contributed by atoms with Gasteiger partial charge in [-0.05, 0) is 42.7 Å². The summed E-state index contributed by atoms with van der Waals surface area (Å²) in [5.41, 5.74) is 1.17. The molecule has 1 fully saturated rings. The number of thiophene rings is 1. The van der Waals surface area contributed by atoms with E-state index in [1.54, 1.807) is 11.3 Å². The zero-order chi connectivity index (χ0) is 13.8. The molecule has 19 heavy (non-hydrogen) atoms. The number of nitrogens with zero attached hydrogens (tertiary/aromatic N) is 1. The van der Waals surface area contributed by atoms with Crippen LogP contribution in [0.2, 0.25) is 0 Å². The van der Waals surface area contributed by atoms with Crippen molar-refractivity contribution < 1.29 is 9.53 Å². The van der Waals surface area contributed by atoms with Crippen LogP contribution in [0.3, 0.4) is 0 Å². The highest BCUT2D eigenvalue weighted by Gasteiger charge is 2.38. The number of amides is 1. The fourth-order valence-corrected chi connectivity index (χ4v) is 2.98. The zero-order valence-corrected chi connectivity index (χ0v) is 12.6. The van der Waals surface area contributed by atoms with Crippen molar-refractivity contribution >= 4 is 17.2 Å². The van der Waals surface area contributed by atoms with E-state index >= 15 is 0 Å². The molecule has 1 aromatic heterocycles. The third-order valence-electron chi connectivity index (χ3n) is 3.30. The van der Waals surface area contributed by atoms with Crippen molar-refractivity contribution in [2.24, 2.45) is 0 Å². The minimum absolute atomic E-state index is 0.000498. The summed E-state index contributed by atoms with van der Waals surface area (Å²) >= 11 is 1.66. The van der Waals surface area contributed by atoms with Crippen molar-refractivity contribution in [1.82, 2.24) is 10.2 Å². The lowest BCUT2D eigenvalue weighted by Crippen LogP contribution is -2.34. The largest absolute Gasteiger partial charge is 0.377 e. The Balaban J connectivity index is 2.05. The minimum Gasteiger partial charge on any atom is -0.377 e. The molecule has 2 unspecified atom stereocenters. The molecule has 2 rings (SSSR count). The monoisotopic (exact) mass is 282 g/mol. The second-order valence-corrected chi connectivity index (χ2v) is 5.82. The summed E-state index contributed by atoms with van der Waals surface area (Å²) in [5.74, 6) is 0.186. The van der Waals surface area contributed by atoms with Crippen molar-refractivity contribution in [2.45, 2.75) is 45.5 Å². The summed E-state index contributed by atoms with van der Waals surface area (Å²) in [7, 11) is 0. The van der Waals surface area contributed by atoms with Crippen LogP contribution in [-0.2, 0) is 9.53 Å². The Hall–Kier alpha value is -0.910. The number of hydrogen-bond acceptors (Lipinski definition) is 4. The van der Waals surface area contributed by atoms with E-state index < -0.39 is 0 Å². The van der Waals surface area contributed by atoms with E-state index in [1.165, 1.54) is 5.56 Å². The zero-order valence-electron chi connectivity index (χ0n) is 11.8. The summed E-state index contributed by atoms with van der Waals surface area (Å²) in [4.78, 5) is 14.2. The molecule has 0 bridgehead atoms. The Bertz CT molecular complexity index is 406. The average Bonchev–Trinajstić information content (AvgIpc) is 2.98. The summed E-state index contributed by atoms with van der Waals surface area (Å²) in [6.45, 7) is 7.28. The van der Waals surface area contributed by atoms with E-state index in [2.05, 4.69) is 16.8 Å². The molecule has 0 radical (unpaired) electrons.